The van der Waals surface area contributed by atoms with E-state index < -0.39 is 12.4 Å². The Bertz CT molecular complexity index is 405. The number of rotatable bonds is 5. The number of ether oxygens (including phenoxy) is 1. The van der Waals surface area contributed by atoms with Gasteiger partial charge in [-0.15, -0.1) is 0 Å². The molecule has 1 saturated carbocycles. The van der Waals surface area contributed by atoms with Crippen molar-refractivity contribution >= 4 is 12.4 Å². The monoisotopic (exact) mass is 282 g/mol. The average molecular weight is 282 g/mol. The van der Waals surface area contributed by atoms with Gasteiger partial charge in [0.05, 0.1) is 12.4 Å². The third kappa shape index (κ3) is 4.89. The van der Waals surface area contributed by atoms with Crippen LogP contribution in [0.25, 0.3) is 0 Å². The van der Waals surface area contributed by atoms with E-state index in [1.807, 2.05) is 0 Å². The topological polar surface area (TPSA) is 9.23 Å². The summed E-state index contributed by atoms with van der Waals surface area (Å²) in [5, 5.41) is 0. The molecule has 1 aromatic carbocycles. The maximum Gasteiger partial charge on any atom is 1.00 e. The second-order valence-corrected chi connectivity index (χ2v) is 4.70. The van der Waals surface area contributed by atoms with Crippen molar-refractivity contribution in [1.82, 2.24) is 0 Å². The van der Waals surface area contributed by atoms with Crippen LogP contribution in [0.1, 0.15) is 24.8 Å². The molecule has 1 nitrogen and oxygen atoms in total. The molecule has 94 valence electrons. The van der Waals surface area contributed by atoms with Gasteiger partial charge in [-0.3, -0.25) is 0 Å². The van der Waals surface area contributed by atoms with Gasteiger partial charge in [-0.25, -0.2) is 0 Å². The molecule has 1 aromatic rings. The number of aryl methyl sites for hydroxylation is 1. The summed E-state index contributed by atoms with van der Waals surface area (Å²) in [7, 11) is 0. The molecule has 0 spiro atoms. The SMILES string of the molecule is Cc1ccc(OCCC2CC2)c([B-](F)(F)F)c1.[K+]. The maximum absolute atomic E-state index is 12.8. The molecule has 0 aromatic heterocycles. The van der Waals surface area contributed by atoms with Gasteiger partial charge in [0, 0.05) is 0 Å². The van der Waals surface area contributed by atoms with Gasteiger partial charge in [-0.05, 0) is 25.3 Å². The summed E-state index contributed by atoms with van der Waals surface area (Å²) in [6.45, 7) is -2.96. The van der Waals surface area contributed by atoms with E-state index in [1.165, 1.54) is 18.9 Å². The van der Waals surface area contributed by atoms with Crippen LogP contribution < -0.4 is 61.6 Å². The number of halogens is 3. The first-order valence-electron chi connectivity index (χ1n) is 5.90. The summed E-state index contributed by atoms with van der Waals surface area (Å²) < 4.78 is 43.7. The van der Waals surface area contributed by atoms with Gasteiger partial charge in [-0.2, -0.15) is 0 Å². The van der Waals surface area contributed by atoms with Crippen molar-refractivity contribution in [3.05, 3.63) is 23.8 Å². The maximum atomic E-state index is 12.8. The second kappa shape index (κ2) is 6.79. The third-order valence-corrected chi connectivity index (χ3v) is 3.00. The first kappa shape index (κ1) is 16.6. The van der Waals surface area contributed by atoms with E-state index >= 15 is 0 Å². The molecular formula is C12H15BF3KO. The van der Waals surface area contributed by atoms with Crippen LogP contribution >= 0.6 is 0 Å². The van der Waals surface area contributed by atoms with Gasteiger partial charge < -0.3 is 17.7 Å². The zero-order valence-corrected chi connectivity index (χ0v) is 13.9. The minimum Gasteiger partial charge on any atom is -0.497 e. The predicted molar refractivity (Wildman–Crippen MR) is 62.7 cm³/mol. The molecular weight excluding hydrogens is 267 g/mol. The summed E-state index contributed by atoms with van der Waals surface area (Å²) in [6, 6.07) is 4.23. The fraction of sp³-hybridized carbons (Fsp3) is 0.500. The van der Waals surface area contributed by atoms with Crippen molar-refractivity contribution < 1.29 is 69.1 Å². The Balaban J connectivity index is 0.00000162. The fourth-order valence-corrected chi connectivity index (χ4v) is 1.80. The minimum atomic E-state index is -5.00. The first-order chi connectivity index (χ1) is 7.97. The van der Waals surface area contributed by atoms with E-state index in [-0.39, 0.29) is 57.1 Å². The summed E-state index contributed by atoms with van der Waals surface area (Å²) in [4.78, 5) is 0. The Labute approximate surface area is 148 Å². The molecule has 0 aliphatic heterocycles. The van der Waals surface area contributed by atoms with Crippen LogP contribution in [-0.2, 0) is 0 Å². The Kier molecular flexibility index (Phi) is 6.25. The van der Waals surface area contributed by atoms with E-state index in [4.69, 9.17) is 4.74 Å². The van der Waals surface area contributed by atoms with Crippen LogP contribution in [0.15, 0.2) is 18.2 Å². The normalized spacial score (nSPS) is 15.1. The molecule has 18 heavy (non-hydrogen) atoms. The molecule has 0 radical (unpaired) electrons. The molecule has 0 amide bonds. The van der Waals surface area contributed by atoms with Gasteiger partial charge in [-0.1, -0.05) is 36.0 Å². The van der Waals surface area contributed by atoms with Crippen molar-refractivity contribution in [3.8, 4) is 5.75 Å². The Morgan fingerprint density at radius 1 is 1.28 bits per heavy atom. The first-order valence-corrected chi connectivity index (χ1v) is 5.90. The molecule has 1 aliphatic carbocycles. The standard InChI is InChI=1S/C12H15BF3O.K/c1-9-2-5-12(11(8-9)13(14,15)16)17-7-6-10-3-4-10;/h2,5,8,10H,3-4,6-7H2,1H3;/q-1;+1. The number of hydrogen-bond acceptors (Lipinski definition) is 1. The van der Waals surface area contributed by atoms with Crippen LogP contribution in [0.2, 0.25) is 0 Å². The summed E-state index contributed by atoms with van der Waals surface area (Å²) in [6.07, 6.45) is 3.23. The third-order valence-electron chi connectivity index (χ3n) is 3.00. The van der Waals surface area contributed by atoms with E-state index in [0.29, 0.717) is 18.1 Å². The van der Waals surface area contributed by atoms with Crippen molar-refractivity contribution in [1.29, 1.82) is 0 Å². The second-order valence-electron chi connectivity index (χ2n) is 4.70. The number of benzene rings is 1. The zero-order chi connectivity index (χ0) is 12.5. The van der Waals surface area contributed by atoms with Crippen molar-refractivity contribution in [2.75, 3.05) is 6.61 Å². The molecule has 0 bridgehead atoms. The van der Waals surface area contributed by atoms with Crippen molar-refractivity contribution in [2.45, 2.75) is 26.2 Å². The molecule has 0 unspecified atom stereocenters. The molecule has 0 heterocycles. The smallest absolute Gasteiger partial charge is 0.497 e. The zero-order valence-electron chi connectivity index (χ0n) is 10.8. The van der Waals surface area contributed by atoms with Crippen molar-refractivity contribution in [2.24, 2.45) is 5.92 Å². The fourth-order valence-electron chi connectivity index (χ4n) is 1.80. The molecule has 6 heteroatoms. The summed E-state index contributed by atoms with van der Waals surface area (Å²) in [5.41, 5.74) is -0.00506. The molecule has 1 aliphatic rings. The Morgan fingerprint density at radius 2 is 1.94 bits per heavy atom. The van der Waals surface area contributed by atoms with Crippen LogP contribution in [0.3, 0.4) is 0 Å². The molecule has 0 atom stereocenters. The summed E-state index contributed by atoms with van der Waals surface area (Å²) in [5.74, 6) is 0.643. The van der Waals surface area contributed by atoms with Gasteiger partial charge in [0.2, 0.25) is 0 Å². The molecule has 0 saturated heterocycles. The van der Waals surface area contributed by atoms with Crippen LogP contribution in [0, 0.1) is 12.8 Å². The Morgan fingerprint density at radius 3 is 2.50 bits per heavy atom. The quantitative estimate of drug-likeness (QED) is 0.703. The van der Waals surface area contributed by atoms with Gasteiger partial charge >= 0.3 is 58.4 Å². The molecule has 2 rings (SSSR count). The van der Waals surface area contributed by atoms with E-state index in [2.05, 4.69) is 0 Å². The van der Waals surface area contributed by atoms with Gasteiger partial charge in [0.25, 0.3) is 0 Å². The van der Waals surface area contributed by atoms with Gasteiger partial charge in [0.15, 0.2) is 0 Å². The number of hydrogen-bond donors (Lipinski definition) is 0. The Hall–Kier alpha value is 0.511. The van der Waals surface area contributed by atoms with E-state index in [9.17, 15) is 12.9 Å². The summed E-state index contributed by atoms with van der Waals surface area (Å²) >= 11 is 0. The minimum absolute atomic E-state index is 0. The molecule has 1 fully saturated rings. The van der Waals surface area contributed by atoms with E-state index in [0.717, 1.165) is 12.5 Å². The largest absolute Gasteiger partial charge is 1.00 e. The molecule has 0 N–H and O–H groups in total. The average Bonchev–Trinajstić information content (AvgIpc) is 3.02. The predicted octanol–water partition coefficient (Wildman–Crippen LogP) is 0.232. The van der Waals surface area contributed by atoms with Crippen LogP contribution in [0.4, 0.5) is 12.9 Å². The van der Waals surface area contributed by atoms with Gasteiger partial charge in [0.1, 0.15) is 0 Å². The van der Waals surface area contributed by atoms with Crippen LogP contribution in [0.5, 0.6) is 5.75 Å². The van der Waals surface area contributed by atoms with Crippen molar-refractivity contribution in [3.63, 3.8) is 0 Å². The van der Waals surface area contributed by atoms with Crippen LogP contribution in [-0.4, -0.2) is 13.6 Å². The van der Waals surface area contributed by atoms with E-state index in [1.54, 1.807) is 13.0 Å².